The molecule has 0 radical (unpaired) electrons. The Morgan fingerprint density at radius 3 is 2.40 bits per heavy atom. The van der Waals surface area contributed by atoms with E-state index in [1.165, 1.54) is 35.7 Å². The summed E-state index contributed by atoms with van der Waals surface area (Å²) in [6, 6.07) is 9.00. The van der Waals surface area contributed by atoms with Crippen molar-refractivity contribution in [2.75, 3.05) is 39.0 Å². The van der Waals surface area contributed by atoms with Crippen molar-refractivity contribution >= 4 is 45.0 Å². The van der Waals surface area contributed by atoms with E-state index in [2.05, 4.69) is 15.0 Å². The van der Waals surface area contributed by atoms with Crippen LogP contribution in [-0.4, -0.2) is 75.6 Å². The summed E-state index contributed by atoms with van der Waals surface area (Å²) in [7, 11) is 1.48. The van der Waals surface area contributed by atoms with Crippen LogP contribution in [0.2, 0.25) is 0 Å². The Bertz CT molecular complexity index is 1420. The number of ketones is 1. The molecule has 4 aromatic rings. The van der Waals surface area contributed by atoms with Crippen LogP contribution in [0.25, 0.3) is 21.5 Å². The number of thiazole rings is 1. The summed E-state index contributed by atoms with van der Waals surface area (Å²) in [6.07, 6.45) is 4.62. The van der Waals surface area contributed by atoms with E-state index in [-0.39, 0.29) is 24.6 Å². The highest BCUT2D eigenvalue weighted by molar-refractivity contribution is 7.18. The molecule has 178 valence electrons. The number of H-pyrrole nitrogens is 1. The van der Waals surface area contributed by atoms with Crippen molar-refractivity contribution in [3.63, 3.8) is 0 Å². The number of methoxy groups -OCH3 is 1. The quantitative estimate of drug-likeness (QED) is 0.324. The van der Waals surface area contributed by atoms with Crippen molar-refractivity contribution in [1.82, 2.24) is 24.8 Å². The molecule has 0 bridgehead atoms. The third-order valence-corrected chi connectivity index (χ3v) is 6.80. The van der Waals surface area contributed by atoms with Gasteiger partial charge in [-0.05, 0) is 12.1 Å². The zero-order valence-electron chi connectivity index (χ0n) is 18.9. The minimum atomic E-state index is -0.654. The van der Waals surface area contributed by atoms with E-state index in [0.717, 1.165) is 4.88 Å². The van der Waals surface area contributed by atoms with E-state index in [9.17, 15) is 14.4 Å². The van der Waals surface area contributed by atoms with Crippen LogP contribution in [0.15, 0.2) is 48.9 Å². The molecule has 0 spiro atoms. The molecule has 5 rings (SSSR count). The molecule has 35 heavy (non-hydrogen) atoms. The van der Waals surface area contributed by atoms with Gasteiger partial charge in [-0.1, -0.05) is 29.5 Å². The van der Waals surface area contributed by atoms with Crippen LogP contribution in [0.1, 0.15) is 20.7 Å². The van der Waals surface area contributed by atoms with Crippen LogP contribution >= 0.6 is 11.3 Å². The highest BCUT2D eigenvalue weighted by Crippen LogP contribution is 2.37. The van der Waals surface area contributed by atoms with Gasteiger partial charge in [0.05, 0.1) is 34.7 Å². The van der Waals surface area contributed by atoms with E-state index in [1.54, 1.807) is 23.2 Å². The molecule has 0 unspecified atom stereocenters. The molecule has 1 saturated heterocycles. The van der Waals surface area contributed by atoms with Crippen LogP contribution in [0, 0.1) is 0 Å². The van der Waals surface area contributed by atoms with Crippen molar-refractivity contribution in [2.24, 2.45) is 0 Å². The SMILES string of the molecule is COc1cnc(-c2cnc(N)s2)c2[nH]cc(C(=O)C(=O)N3CCN(C(=O)c4ccccc4)CC3)c12. The molecule has 11 heteroatoms. The van der Waals surface area contributed by atoms with Crippen LogP contribution in [0.5, 0.6) is 5.75 Å². The molecule has 0 aliphatic carbocycles. The predicted molar refractivity (Wildman–Crippen MR) is 131 cm³/mol. The number of nitrogen functional groups attached to an aromatic ring is 1. The summed E-state index contributed by atoms with van der Waals surface area (Å²) < 4.78 is 5.44. The van der Waals surface area contributed by atoms with Gasteiger partial charge in [0.1, 0.15) is 11.4 Å². The molecule has 0 atom stereocenters. The summed E-state index contributed by atoms with van der Waals surface area (Å²) in [4.78, 5) is 54.6. The number of pyridine rings is 1. The lowest BCUT2D eigenvalue weighted by Gasteiger charge is -2.34. The second-order valence-electron chi connectivity index (χ2n) is 7.97. The molecule has 3 N–H and O–H groups in total. The van der Waals surface area contributed by atoms with Gasteiger partial charge >= 0.3 is 0 Å². The number of nitrogens with two attached hydrogens (primary N) is 1. The summed E-state index contributed by atoms with van der Waals surface area (Å²) in [5.41, 5.74) is 7.69. The first kappa shape index (κ1) is 22.5. The highest BCUT2D eigenvalue weighted by atomic mass is 32.1. The fourth-order valence-corrected chi connectivity index (χ4v) is 4.86. The number of ether oxygens (including phenoxy) is 1. The van der Waals surface area contributed by atoms with Crippen molar-refractivity contribution in [2.45, 2.75) is 0 Å². The number of anilines is 1. The Labute approximate surface area is 204 Å². The molecule has 2 amide bonds. The number of aromatic amines is 1. The number of amides is 2. The zero-order chi connectivity index (χ0) is 24.5. The Morgan fingerprint density at radius 2 is 1.74 bits per heavy atom. The number of Topliss-reactive ketones (excluding diaryl/α,β-unsaturated/α-hetero) is 1. The number of nitrogens with zero attached hydrogens (tertiary/aromatic N) is 4. The van der Waals surface area contributed by atoms with Gasteiger partial charge in [0.15, 0.2) is 5.13 Å². The molecule has 1 aliphatic rings. The summed E-state index contributed by atoms with van der Waals surface area (Å²) in [5, 5.41) is 0.870. The molecule has 10 nitrogen and oxygen atoms in total. The minimum Gasteiger partial charge on any atom is -0.494 e. The number of benzene rings is 1. The number of hydrogen-bond acceptors (Lipinski definition) is 8. The van der Waals surface area contributed by atoms with E-state index in [0.29, 0.717) is 46.1 Å². The second-order valence-corrected chi connectivity index (χ2v) is 9.03. The van der Waals surface area contributed by atoms with Crippen LogP contribution in [0.4, 0.5) is 5.13 Å². The van der Waals surface area contributed by atoms with Crippen molar-refractivity contribution < 1.29 is 19.1 Å². The van der Waals surface area contributed by atoms with Gasteiger partial charge < -0.3 is 25.3 Å². The average molecular weight is 491 g/mol. The van der Waals surface area contributed by atoms with Crippen molar-refractivity contribution in [3.05, 3.63) is 60.0 Å². The monoisotopic (exact) mass is 490 g/mol. The molecule has 4 heterocycles. The number of rotatable bonds is 5. The molecular weight excluding hydrogens is 468 g/mol. The lowest BCUT2D eigenvalue weighted by molar-refractivity contribution is -0.127. The lowest BCUT2D eigenvalue weighted by Crippen LogP contribution is -2.52. The number of piperazine rings is 1. The van der Waals surface area contributed by atoms with Gasteiger partial charge in [-0.15, -0.1) is 0 Å². The smallest absolute Gasteiger partial charge is 0.295 e. The minimum absolute atomic E-state index is 0.0888. The number of carbonyl (C=O) groups excluding carboxylic acids is 3. The maximum Gasteiger partial charge on any atom is 0.295 e. The fraction of sp³-hybridized carbons (Fsp3) is 0.208. The van der Waals surface area contributed by atoms with Crippen LogP contribution < -0.4 is 10.5 Å². The number of carbonyl (C=O) groups is 3. The Kier molecular flexibility index (Phi) is 5.91. The van der Waals surface area contributed by atoms with Gasteiger partial charge in [0, 0.05) is 44.1 Å². The standard InChI is InChI=1S/C24H22N6O4S/c1-34-16-12-27-19(17-13-28-24(25)35-17)20-18(16)15(11-26-20)21(31)23(33)30-9-7-29(8-10-30)22(32)14-5-3-2-4-6-14/h2-6,11-13,26H,7-10H2,1H3,(H2,25,28). The molecular formula is C24H22N6O4S. The Morgan fingerprint density at radius 1 is 1.03 bits per heavy atom. The normalized spacial score (nSPS) is 13.7. The number of aromatic nitrogens is 3. The van der Waals surface area contributed by atoms with Gasteiger partial charge in [-0.2, -0.15) is 0 Å². The maximum absolute atomic E-state index is 13.3. The third-order valence-electron chi connectivity index (χ3n) is 5.96. The third kappa shape index (κ3) is 4.10. The molecule has 1 fully saturated rings. The Hall–Kier alpha value is -4.25. The van der Waals surface area contributed by atoms with Gasteiger partial charge in [-0.3, -0.25) is 14.4 Å². The van der Waals surface area contributed by atoms with Crippen molar-refractivity contribution in [3.8, 4) is 16.3 Å². The average Bonchev–Trinajstić information content (AvgIpc) is 3.54. The molecule has 3 aromatic heterocycles. The van der Waals surface area contributed by atoms with Gasteiger partial charge in [-0.25, -0.2) is 9.97 Å². The maximum atomic E-state index is 13.3. The first-order chi connectivity index (χ1) is 17.0. The summed E-state index contributed by atoms with van der Waals surface area (Å²) in [5.74, 6) is -0.996. The first-order valence-electron chi connectivity index (χ1n) is 10.9. The van der Waals surface area contributed by atoms with E-state index in [1.807, 2.05) is 18.2 Å². The highest BCUT2D eigenvalue weighted by Gasteiger charge is 2.31. The number of fused-ring (bicyclic) bond motifs is 1. The molecule has 0 saturated carbocycles. The van der Waals surface area contributed by atoms with Gasteiger partial charge in [0.25, 0.3) is 17.6 Å². The second kappa shape index (κ2) is 9.18. The van der Waals surface area contributed by atoms with Crippen molar-refractivity contribution in [1.29, 1.82) is 0 Å². The number of hydrogen-bond donors (Lipinski definition) is 2. The Balaban J connectivity index is 1.37. The first-order valence-corrected chi connectivity index (χ1v) is 11.7. The van der Waals surface area contributed by atoms with E-state index in [4.69, 9.17) is 10.5 Å². The molecule has 1 aromatic carbocycles. The van der Waals surface area contributed by atoms with Gasteiger partial charge in [0.2, 0.25) is 0 Å². The van der Waals surface area contributed by atoms with E-state index < -0.39 is 11.7 Å². The zero-order valence-corrected chi connectivity index (χ0v) is 19.7. The van der Waals surface area contributed by atoms with Crippen LogP contribution in [0.3, 0.4) is 0 Å². The van der Waals surface area contributed by atoms with E-state index >= 15 is 0 Å². The largest absolute Gasteiger partial charge is 0.494 e. The predicted octanol–water partition coefficient (Wildman–Crippen LogP) is 2.44. The molecule has 1 aliphatic heterocycles. The summed E-state index contributed by atoms with van der Waals surface area (Å²) >= 11 is 1.27. The fourth-order valence-electron chi connectivity index (χ4n) is 4.17. The lowest BCUT2D eigenvalue weighted by atomic mass is 10.1. The summed E-state index contributed by atoms with van der Waals surface area (Å²) in [6.45, 7) is 1.25. The topological polar surface area (TPSA) is 135 Å². The number of nitrogens with one attached hydrogen (secondary N) is 1. The van der Waals surface area contributed by atoms with Crippen LogP contribution in [-0.2, 0) is 4.79 Å².